The summed E-state index contributed by atoms with van der Waals surface area (Å²) in [4.78, 5) is 14.6. The van der Waals surface area contributed by atoms with Gasteiger partial charge in [0.25, 0.3) is 0 Å². The fraction of sp³-hybridized carbons (Fsp3) is 0.700. The first-order valence-electron chi connectivity index (χ1n) is 9.81. The van der Waals surface area contributed by atoms with Gasteiger partial charge in [0, 0.05) is 18.7 Å². The van der Waals surface area contributed by atoms with Crippen LogP contribution in [-0.2, 0) is 4.79 Å². The third-order valence-corrected chi connectivity index (χ3v) is 5.38. The maximum absolute atomic E-state index is 10.5. The van der Waals surface area contributed by atoms with Gasteiger partial charge in [0.1, 0.15) is 0 Å². The van der Waals surface area contributed by atoms with Crippen molar-refractivity contribution in [1.82, 2.24) is 0 Å². The first-order valence-corrected chi connectivity index (χ1v) is 9.81. The number of furan rings is 1. The first kappa shape index (κ1) is 21.6. The number of carboxylic acids is 1. The van der Waals surface area contributed by atoms with Crippen LogP contribution in [0.1, 0.15) is 57.8 Å². The predicted octanol–water partition coefficient (Wildman–Crippen LogP) is 2.91. The van der Waals surface area contributed by atoms with Gasteiger partial charge in [-0.2, -0.15) is 0 Å². The summed E-state index contributed by atoms with van der Waals surface area (Å²) < 4.78 is 5.08. The van der Waals surface area contributed by atoms with Crippen molar-refractivity contribution in [3.8, 4) is 0 Å². The maximum atomic E-state index is 10.5. The maximum Gasteiger partial charge on any atom is 0.303 e. The van der Waals surface area contributed by atoms with Crippen LogP contribution in [0, 0.1) is 11.8 Å². The van der Waals surface area contributed by atoms with Gasteiger partial charge >= 0.3 is 5.97 Å². The molecule has 1 aliphatic carbocycles. The molecule has 152 valence electrons. The zero-order valence-electron chi connectivity index (χ0n) is 15.6. The second-order valence-corrected chi connectivity index (χ2v) is 7.42. The lowest BCUT2D eigenvalue weighted by atomic mass is 9.85. The van der Waals surface area contributed by atoms with Crippen molar-refractivity contribution in [3.63, 3.8) is 0 Å². The van der Waals surface area contributed by atoms with Crippen LogP contribution in [0.2, 0.25) is 0 Å². The number of carboxylic acid groups (broad SMARTS) is 1. The van der Waals surface area contributed by atoms with E-state index in [0.29, 0.717) is 31.6 Å². The van der Waals surface area contributed by atoms with Crippen LogP contribution in [0.5, 0.6) is 0 Å². The Kier molecular flexibility index (Phi) is 8.97. The Hall–Kier alpha value is -1.70. The molecule has 2 rings (SSSR count). The number of nitrogens with zero attached hydrogens (tertiary/aromatic N) is 1. The average molecular weight is 381 g/mol. The third-order valence-electron chi connectivity index (χ3n) is 5.38. The molecular formula is C20H31NO6. The SMILES string of the molecule is O=C(O)CCCCCC[C@@H]1[C@@H](CCC(O)/C=N/c2ccco2)[C@H](O)C[C@@H]1O. The molecule has 1 aliphatic rings. The minimum atomic E-state index is -0.765. The molecule has 0 spiro atoms. The highest BCUT2D eigenvalue weighted by atomic mass is 16.4. The van der Waals surface area contributed by atoms with Gasteiger partial charge in [-0.05, 0) is 50.0 Å². The highest BCUT2D eigenvalue weighted by molar-refractivity contribution is 5.66. The molecule has 7 heteroatoms. The first-order chi connectivity index (χ1) is 13.0. The molecule has 1 unspecified atom stereocenters. The summed E-state index contributed by atoms with van der Waals surface area (Å²) in [6.07, 6.45) is 7.02. The Morgan fingerprint density at radius 2 is 1.89 bits per heavy atom. The van der Waals surface area contributed by atoms with E-state index in [4.69, 9.17) is 9.52 Å². The smallest absolute Gasteiger partial charge is 0.303 e. The number of aliphatic imine (C=N–C) groups is 1. The number of hydrogen-bond donors (Lipinski definition) is 4. The van der Waals surface area contributed by atoms with Gasteiger partial charge in [0.15, 0.2) is 0 Å². The van der Waals surface area contributed by atoms with E-state index in [-0.39, 0.29) is 18.3 Å². The van der Waals surface area contributed by atoms with E-state index < -0.39 is 24.3 Å². The summed E-state index contributed by atoms with van der Waals surface area (Å²) in [5, 5.41) is 39.3. The molecule has 1 fully saturated rings. The summed E-state index contributed by atoms with van der Waals surface area (Å²) in [5.41, 5.74) is 0. The van der Waals surface area contributed by atoms with E-state index in [2.05, 4.69) is 4.99 Å². The van der Waals surface area contributed by atoms with Gasteiger partial charge in [-0.25, -0.2) is 4.99 Å². The van der Waals surface area contributed by atoms with Crippen molar-refractivity contribution < 1.29 is 29.6 Å². The molecule has 0 amide bonds. The average Bonchev–Trinajstić information content (AvgIpc) is 3.22. The molecule has 4 N–H and O–H groups in total. The van der Waals surface area contributed by atoms with E-state index >= 15 is 0 Å². The molecule has 0 saturated heterocycles. The Labute approximate surface area is 159 Å². The van der Waals surface area contributed by atoms with Crippen LogP contribution in [-0.4, -0.2) is 50.9 Å². The Bertz CT molecular complexity index is 573. The molecular weight excluding hydrogens is 350 g/mol. The normalized spacial score (nSPS) is 26.6. The zero-order valence-corrected chi connectivity index (χ0v) is 15.6. The van der Waals surface area contributed by atoms with Crippen molar-refractivity contribution in [2.45, 2.75) is 76.1 Å². The Morgan fingerprint density at radius 3 is 2.56 bits per heavy atom. The van der Waals surface area contributed by atoms with E-state index in [9.17, 15) is 20.1 Å². The number of hydrogen-bond acceptors (Lipinski definition) is 6. The number of aliphatic carboxylic acids is 1. The van der Waals surface area contributed by atoms with Gasteiger partial charge in [-0.15, -0.1) is 0 Å². The summed E-state index contributed by atoms with van der Waals surface area (Å²) >= 11 is 0. The van der Waals surface area contributed by atoms with Crippen molar-refractivity contribution in [1.29, 1.82) is 0 Å². The molecule has 0 bridgehead atoms. The molecule has 1 saturated carbocycles. The number of unbranched alkanes of at least 4 members (excludes halogenated alkanes) is 3. The van der Waals surface area contributed by atoms with Crippen molar-refractivity contribution in [2.24, 2.45) is 16.8 Å². The summed E-state index contributed by atoms with van der Waals surface area (Å²) in [6, 6.07) is 3.42. The molecule has 0 radical (unpaired) electrons. The fourth-order valence-electron chi connectivity index (χ4n) is 3.93. The monoisotopic (exact) mass is 381 g/mol. The lowest BCUT2D eigenvalue weighted by Gasteiger charge is -2.24. The van der Waals surface area contributed by atoms with Crippen molar-refractivity contribution >= 4 is 18.1 Å². The quantitative estimate of drug-likeness (QED) is 0.326. The second kappa shape index (κ2) is 11.2. The van der Waals surface area contributed by atoms with Crippen LogP contribution in [0.15, 0.2) is 27.8 Å². The predicted molar refractivity (Wildman–Crippen MR) is 101 cm³/mol. The molecule has 0 aliphatic heterocycles. The lowest BCUT2D eigenvalue weighted by molar-refractivity contribution is -0.137. The highest BCUT2D eigenvalue weighted by Crippen LogP contribution is 2.39. The van der Waals surface area contributed by atoms with Crippen molar-refractivity contribution in [3.05, 3.63) is 18.4 Å². The standard InChI is InChI=1S/C20H31NO6/c22-14(13-21-19-7-5-11-27-19)9-10-16-15(17(23)12-18(16)24)6-3-1-2-4-8-20(25)26/h5,7,11,13-18,22-24H,1-4,6,8-10,12H2,(H,25,26)/b21-13+/t14?,15-,16-,17+,18-/m1/s1. The fourth-order valence-corrected chi connectivity index (χ4v) is 3.93. The summed E-state index contributed by atoms with van der Waals surface area (Å²) in [7, 11) is 0. The van der Waals surface area contributed by atoms with E-state index in [0.717, 1.165) is 25.7 Å². The minimum absolute atomic E-state index is 0.0219. The summed E-state index contributed by atoms with van der Waals surface area (Å²) in [5.74, 6) is -0.343. The third kappa shape index (κ3) is 7.44. The Balaban J connectivity index is 1.72. The zero-order chi connectivity index (χ0) is 19.6. The molecule has 1 aromatic heterocycles. The Morgan fingerprint density at radius 1 is 1.19 bits per heavy atom. The molecule has 0 aromatic carbocycles. The number of aliphatic hydroxyl groups excluding tert-OH is 3. The molecule has 5 atom stereocenters. The number of aliphatic hydroxyl groups is 3. The number of carbonyl (C=O) groups is 1. The van der Waals surface area contributed by atoms with E-state index in [1.807, 2.05) is 0 Å². The van der Waals surface area contributed by atoms with Gasteiger partial charge in [0.2, 0.25) is 5.88 Å². The van der Waals surface area contributed by atoms with Crippen LogP contribution in [0.4, 0.5) is 5.88 Å². The minimum Gasteiger partial charge on any atom is -0.481 e. The van der Waals surface area contributed by atoms with Crippen LogP contribution in [0.3, 0.4) is 0 Å². The van der Waals surface area contributed by atoms with Crippen LogP contribution in [0.25, 0.3) is 0 Å². The molecule has 7 nitrogen and oxygen atoms in total. The van der Waals surface area contributed by atoms with Gasteiger partial charge in [-0.1, -0.05) is 19.3 Å². The summed E-state index contributed by atoms with van der Waals surface area (Å²) in [6.45, 7) is 0. The van der Waals surface area contributed by atoms with Crippen molar-refractivity contribution in [2.75, 3.05) is 0 Å². The van der Waals surface area contributed by atoms with E-state index in [1.54, 1.807) is 12.1 Å². The number of rotatable bonds is 12. The second-order valence-electron chi connectivity index (χ2n) is 7.42. The van der Waals surface area contributed by atoms with Gasteiger partial charge < -0.3 is 24.8 Å². The largest absolute Gasteiger partial charge is 0.481 e. The lowest BCUT2D eigenvalue weighted by Crippen LogP contribution is -2.24. The van der Waals surface area contributed by atoms with Crippen LogP contribution >= 0.6 is 0 Å². The molecule has 1 heterocycles. The highest BCUT2D eigenvalue weighted by Gasteiger charge is 2.40. The van der Waals surface area contributed by atoms with Crippen LogP contribution < -0.4 is 0 Å². The topological polar surface area (TPSA) is 123 Å². The van der Waals surface area contributed by atoms with Gasteiger partial charge in [-0.3, -0.25) is 4.79 Å². The van der Waals surface area contributed by atoms with Gasteiger partial charge in [0.05, 0.1) is 24.6 Å². The molecule has 27 heavy (non-hydrogen) atoms. The van der Waals surface area contributed by atoms with E-state index in [1.165, 1.54) is 12.5 Å². The molecule has 1 aromatic rings.